The van der Waals surface area contributed by atoms with E-state index in [2.05, 4.69) is 4.74 Å². The van der Waals surface area contributed by atoms with Gasteiger partial charge in [-0.2, -0.15) is 0 Å². The Morgan fingerprint density at radius 1 is 1.19 bits per heavy atom. The van der Waals surface area contributed by atoms with E-state index in [1.807, 2.05) is 0 Å². The van der Waals surface area contributed by atoms with Crippen molar-refractivity contribution in [2.75, 3.05) is 0 Å². The molecule has 6 heteroatoms. The molecular weight excluding hydrogens is 248 g/mol. The molecule has 82 valence electrons. The van der Waals surface area contributed by atoms with Crippen LogP contribution in [0.25, 0.3) is 9.75 Å². The normalized spacial score (nSPS) is 10.0. The minimum atomic E-state index is -0.933. The lowest BCUT2D eigenvalue weighted by molar-refractivity contribution is -0.120. The number of carboxylic acids is 1. The summed E-state index contributed by atoms with van der Waals surface area (Å²) in [5.41, 5.74) is 0. The Labute approximate surface area is 98.7 Å². The molecule has 0 fully saturated rings. The van der Waals surface area contributed by atoms with E-state index >= 15 is 0 Å². The number of rotatable bonds is 4. The molecule has 0 saturated heterocycles. The highest BCUT2D eigenvalue weighted by Gasteiger charge is 2.10. The Hall–Kier alpha value is -1.66. The maximum atomic E-state index is 10.7. The van der Waals surface area contributed by atoms with E-state index in [-0.39, 0.29) is 0 Å². The lowest BCUT2D eigenvalue weighted by atomic mass is 10.4. The van der Waals surface area contributed by atoms with Crippen molar-refractivity contribution in [3.63, 3.8) is 0 Å². The fourth-order valence-corrected chi connectivity index (χ4v) is 2.91. The zero-order valence-corrected chi connectivity index (χ0v) is 9.51. The molecule has 0 spiro atoms. The van der Waals surface area contributed by atoms with Gasteiger partial charge in [0.05, 0.1) is 0 Å². The quantitative estimate of drug-likeness (QED) is 0.852. The van der Waals surface area contributed by atoms with Gasteiger partial charge in [-0.15, -0.1) is 11.3 Å². The third-order valence-electron chi connectivity index (χ3n) is 1.81. The first-order valence-electron chi connectivity index (χ1n) is 4.24. The molecule has 0 radical (unpaired) electrons. The first-order chi connectivity index (χ1) is 7.70. The summed E-state index contributed by atoms with van der Waals surface area (Å²) in [6.45, 7) is 0.368. The van der Waals surface area contributed by atoms with Gasteiger partial charge in [0.25, 0.3) is 6.47 Å². The maximum Gasteiger partial charge on any atom is 0.345 e. The van der Waals surface area contributed by atoms with Crippen molar-refractivity contribution in [3.05, 3.63) is 29.1 Å². The highest BCUT2D eigenvalue weighted by Crippen LogP contribution is 2.36. The largest absolute Gasteiger partial charge is 0.477 e. The van der Waals surface area contributed by atoms with Crippen LogP contribution in [0.1, 0.15) is 9.67 Å². The molecule has 0 unspecified atom stereocenters. The Bertz CT molecular complexity index is 526. The van der Waals surface area contributed by atoms with Gasteiger partial charge in [0.15, 0.2) is 5.06 Å². The number of carbonyl (C=O) groups is 2. The fraction of sp³-hybridized carbons (Fsp3) is 0. The molecular formula is C10H6O4S2. The first-order valence-corrected chi connectivity index (χ1v) is 5.87. The van der Waals surface area contributed by atoms with Crippen LogP contribution in [0.5, 0.6) is 5.06 Å². The van der Waals surface area contributed by atoms with Gasteiger partial charge in [-0.1, -0.05) is 11.3 Å². The molecule has 2 aromatic rings. The number of carbonyl (C=O) groups excluding carboxylic acids is 1. The summed E-state index contributed by atoms with van der Waals surface area (Å²) in [6.07, 6.45) is 0. The van der Waals surface area contributed by atoms with Crippen molar-refractivity contribution in [1.82, 2.24) is 0 Å². The summed E-state index contributed by atoms with van der Waals surface area (Å²) >= 11 is 2.49. The topological polar surface area (TPSA) is 63.6 Å². The Kier molecular flexibility index (Phi) is 3.02. The molecule has 0 atom stereocenters. The van der Waals surface area contributed by atoms with Crippen molar-refractivity contribution in [1.29, 1.82) is 0 Å². The molecule has 2 aromatic heterocycles. The van der Waals surface area contributed by atoms with E-state index in [0.29, 0.717) is 16.4 Å². The minimum Gasteiger partial charge on any atom is -0.477 e. The summed E-state index contributed by atoms with van der Waals surface area (Å²) in [4.78, 5) is 22.8. The van der Waals surface area contributed by atoms with Crippen LogP contribution in [0, 0.1) is 0 Å². The number of ether oxygens (including phenoxy) is 1. The lowest BCUT2D eigenvalue weighted by Gasteiger charge is -1.89. The molecule has 4 nitrogen and oxygen atoms in total. The predicted octanol–water partition coefficient (Wildman–Crippen LogP) is 2.71. The molecule has 0 saturated carbocycles. The van der Waals surface area contributed by atoms with Gasteiger partial charge in [-0.3, -0.25) is 4.79 Å². The minimum absolute atomic E-state index is 0.293. The van der Waals surface area contributed by atoms with Gasteiger partial charge in [0.2, 0.25) is 0 Å². The van der Waals surface area contributed by atoms with Gasteiger partial charge < -0.3 is 9.84 Å². The van der Waals surface area contributed by atoms with Crippen LogP contribution in [0.15, 0.2) is 24.3 Å². The van der Waals surface area contributed by atoms with Crippen molar-refractivity contribution in [2.24, 2.45) is 0 Å². The second-order valence-corrected chi connectivity index (χ2v) is 4.93. The van der Waals surface area contributed by atoms with Crippen molar-refractivity contribution >= 4 is 35.1 Å². The Morgan fingerprint density at radius 2 is 1.88 bits per heavy atom. The maximum absolute atomic E-state index is 10.7. The van der Waals surface area contributed by atoms with Gasteiger partial charge in [-0.05, 0) is 24.3 Å². The molecule has 0 aliphatic heterocycles. The van der Waals surface area contributed by atoms with Crippen LogP contribution in [-0.2, 0) is 4.79 Å². The molecule has 0 aliphatic carbocycles. The number of thiophene rings is 2. The fourth-order valence-electron chi connectivity index (χ4n) is 1.15. The Balaban J connectivity index is 2.27. The number of carboxylic acid groups (broad SMARTS) is 1. The summed E-state index contributed by atoms with van der Waals surface area (Å²) in [7, 11) is 0. The number of hydrogen-bond acceptors (Lipinski definition) is 5. The Morgan fingerprint density at radius 3 is 2.50 bits per heavy atom. The van der Waals surface area contributed by atoms with Crippen molar-refractivity contribution in [3.8, 4) is 14.8 Å². The van der Waals surface area contributed by atoms with Crippen LogP contribution < -0.4 is 4.74 Å². The van der Waals surface area contributed by atoms with E-state index < -0.39 is 5.97 Å². The highest BCUT2D eigenvalue weighted by molar-refractivity contribution is 7.23. The molecule has 0 aliphatic rings. The van der Waals surface area contributed by atoms with Crippen LogP contribution in [0.4, 0.5) is 0 Å². The number of aromatic carboxylic acids is 1. The van der Waals surface area contributed by atoms with E-state index in [1.54, 1.807) is 24.3 Å². The van der Waals surface area contributed by atoms with Gasteiger partial charge in [-0.25, -0.2) is 4.79 Å². The zero-order valence-electron chi connectivity index (χ0n) is 7.88. The van der Waals surface area contributed by atoms with Gasteiger partial charge in [0.1, 0.15) is 4.88 Å². The van der Waals surface area contributed by atoms with Crippen molar-refractivity contribution in [2.45, 2.75) is 0 Å². The molecule has 2 rings (SSSR count). The number of hydrogen-bond donors (Lipinski definition) is 1. The molecule has 2 heterocycles. The average molecular weight is 254 g/mol. The van der Waals surface area contributed by atoms with Crippen LogP contribution in [0.2, 0.25) is 0 Å². The van der Waals surface area contributed by atoms with Gasteiger partial charge in [0, 0.05) is 9.75 Å². The average Bonchev–Trinajstić information content (AvgIpc) is 2.84. The van der Waals surface area contributed by atoms with Crippen LogP contribution in [-0.4, -0.2) is 17.5 Å². The predicted molar refractivity (Wildman–Crippen MR) is 61.3 cm³/mol. The SMILES string of the molecule is O=COc1ccc(-c2ccc(C(=O)O)s2)s1. The first kappa shape index (κ1) is 10.8. The van der Waals surface area contributed by atoms with Gasteiger partial charge >= 0.3 is 5.97 Å². The van der Waals surface area contributed by atoms with E-state index in [0.717, 1.165) is 9.75 Å². The van der Waals surface area contributed by atoms with E-state index in [1.165, 1.54) is 22.7 Å². The summed E-state index contributed by atoms with van der Waals surface area (Å²) in [5.74, 6) is -0.933. The highest BCUT2D eigenvalue weighted by atomic mass is 32.1. The molecule has 16 heavy (non-hydrogen) atoms. The smallest absolute Gasteiger partial charge is 0.345 e. The molecule has 0 bridgehead atoms. The van der Waals surface area contributed by atoms with E-state index in [4.69, 9.17) is 5.11 Å². The summed E-state index contributed by atoms with van der Waals surface area (Å²) in [5, 5.41) is 9.27. The third-order valence-corrected chi connectivity index (χ3v) is 4.05. The summed E-state index contributed by atoms with van der Waals surface area (Å²) < 4.78 is 4.69. The second kappa shape index (κ2) is 4.46. The third kappa shape index (κ3) is 2.12. The monoisotopic (exact) mass is 254 g/mol. The second-order valence-electron chi connectivity index (χ2n) is 2.80. The molecule has 1 N–H and O–H groups in total. The standard InChI is InChI=1S/C10H6O4S2/c11-5-14-9-4-3-7(16-9)6-1-2-8(15-6)10(12)13/h1-5H,(H,12,13). The molecule has 0 amide bonds. The molecule has 0 aromatic carbocycles. The lowest BCUT2D eigenvalue weighted by Crippen LogP contribution is -1.89. The van der Waals surface area contributed by atoms with Crippen LogP contribution >= 0.6 is 22.7 Å². The van der Waals surface area contributed by atoms with E-state index in [9.17, 15) is 9.59 Å². The van der Waals surface area contributed by atoms with Crippen molar-refractivity contribution < 1.29 is 19.4 Å². The van der Waals surface area contributed by atoms with Crippen LogP contribution in [0.3, 0.4) is 0 Å². The zero-order chi connectivity index (χ0) is 11.5. The summed E-state index contributed by atoms with van der Waals surface area (Å²) in [6, 6.07) is 6.77.